The molecule has 1 aromatic carbocycles. The number of nitrogens with zero attached hydrogens (tertiary/aromatic N) is 1. The van der Waals surface area contributed by atoms with Gasteiger partial charge in [-0.2, -0.15) is 0 Å². The summed E-state index contributed by atoms with van der Waals surface area (Å²) in [7, 11) is 1.59. The van der Waals surface area contributed by atoms with Gasteiger partial charge in [-0.15, -0.1) is 0 Å². The Bertz CT molecular complexity index is 504. The summed E-state index contributed by atoms with van der Waals surface area (Å²) in [6.07, 6.45) is 0.274. The van der Waals surface area contributed by atoms with Gasteiger partial charge in [0.25, 0.3) is 0 Å². The number of hydrogen-bond donors (Lipinski definition) is 1. The van der Waals surface area contributed by atoms with Crippen LogP contribution >= 0.6 is 11.6 Å². The Kier molecular flexibility index (Phi) is 5.59. The van der Waals surface area contributed by atoms with Crippen LogP contribution in [0.2, 0.25) is 5.02 Å². The van der Waals surface area contributed by atoms with Gasteiger partial charge in [0.1, 0.15) is 0 Å². The van der Waals surface area contributed by atoms with Crippen LogP contribution in [0.3, 0.4) is 0 Å². The molecule has 1 fully saturated rings. The first-order valence-corrected chi connectivity index (χ1v) is 7.27. The van der Waals surface area contributed by atoms with E-state index < -0.39 is 0 Å². The highest BCUT2D eigenvalue weighted by molar-refractivity contribution is 6.30. The second-order valence-electron chi connectivity index (χ2n) is 5.08. The van der Waals surface area contributed by atoms with Crippen molar-refractivity contribution in [1.82, 2.24) is 10.2 Å². The summed E-state index contributed by atoms with van der Waals surface area (Å²) in [5.41, 5.74) is 0.980. The Balaban J connectivity index is 1.81. The maximum atomic E-state index is 12.1. The molecule has 0 aromatic heterocycles. The van der Waals surface area contributed by atoms with Gasteiger partial charge in [-0.25, -0.2) is 0 Å². The van der Waals surface area contributed by atoms with Crippen molar-refractivity contribution in [3.8, 4) is 0 Å². The minimum Gasteiger partial charge on any atom is -0.383 e. The van der Waals surface area contributed by atoms with Crippen molar-refractivity contribution in [1.29, 1.82) is 0 Å². The van der Waals surface area contributed by atoms with Gasteiger partial charge in [0.15, 0.2) is 0 Å². The molecule has 2 rings (SSSR count). The molecule has 1 atom stereocenters. The zero-order valence-electron chi connectivity index (χ0n) is 12.0. The standard InChI is InChI=1S/C15H19ClN2O3/c1-21-7-6-18-10-12(8-14(18)19)15(20)17-9-11-2-4-13(16)5-3-11/h2-5,12H,6-10H2,1H3,(H,17,20)/t12-/m0/s1. The molecule has 21 heavy (non-hydrogen) atoms. The number of benzene rings is 1. The van der Waals surface area contributed by atoms with Crippen molar-refractivity contribution in [2.75, 3.05) is 26.8 Å². The summed E-state index contributed by atoms with van der Waals surface area (Å²) in [5, 5.41) is 3.53. The minimum absolute atomic E-state index is 0.0127. The number of amides is 2. The normalized spacial score (nSPS) is 18.1. The number of carbonyl (C=O) groups excluding carboxylic acids is 2. The molecule has 0 aliphatic carbocycles. The third-order valence-electron chi connectivity index (χ3n) is 3.53. The Morgan fingerprint density at radius 3 is 2.81 bits per heavy atom. The molecule has 0 spiro atoms. The molecule has 1 saturated heterocycles. The maximum Gasteiger partial charge on any atom is 0.225 e. The van der Waals surface area contributed by atoms with E-state index >= 15 is 0 Å². The number of nitrogens with one attached hydrogen (secondary N) is 1. The topological polar surface area (TPSA) is 58.6 Å². The summed E-state index contributed by atoms with van der Waals surface area (Å²) in [6.45, 7) is 1.94. The molecule has 1 aliphatic heterocycles. The first-order valence-electron chi connectivity index (χ1n) is 6.89. The predicted molar refractivity (Wildman–Crippen MR) is 79.9 cm³/mol. The highest BCUT2D eigenvalue weighted by atomic mass is 35.5. The van der Waals surface area contributed by atoms with Crippen molar-refractivity contribution in [3.63, 3.8) is 0 Å². The molecule has 2 amide bonds. The van der Waals surface area contributed by atoms with E-state index in [1.54, 1.807) is 24.1 Å². The summed E-state index contributed by atoms with van der Waals surface area (Å²) in [6, 6.07) is 7.31. The third kappa shape index (κ3) is 4.44. The number of hydrogen-bond acceptors (Lipinski definition) is 3. The lowest BCUT2D eigenvalue weighted by atomic mass is 10.1. The number of likely N-dealkylation sites (tertiary alicyclic amines) is 1. The van der Waals surface area contributed by atoms with Crippen LogP contribution in [0.5, 0.6) is 0 Å². The molecule has 1 aliphatic rings. The first-order chi connectivity index (χ1) is 10.1. The van der Waals surface area contributed by atoms with E-state index in [0.29, 0.717) is 31.3 Å². The summed E-state index contributed by atoms with van der Waals surface area (Å²) >= 11 is 5.81. The van der Waals surface area contributed by atoms with E-state index in [9.17, 15) is 9.59 Å². The number of carbonyl (C=O) groups is 2. The Labute approximate surface area is 129 Å². The second-order valence-corrected chi connectivity index (χ2v) is 5.51. The first kappa shape index (κ1) is 15.8. The maximum absolute atomic E-state index is 12.1. The Hall–Kier alpha value is -1.59. The van der Waals surface area contributed by atoms with Crippen LogP contribution in [-0.2, 0) is 20.9 Å². The van der Waals surface area contributed by atoms with Gasteiger partial charge in [0.2, 0.25) is 11.8 Å². The molecule has 1 N–H and O–H groups in total. The average molecular weight is 311 g/mol. The smallest absolute Gasteiger partial charge is 0.225 e. The van der Waals surface area contributed by atoms with Crippen molar-refractivity contribution in [2.24, 2.45) is 5.92 Å². The summed E-state index contributed by atoms with van der Waals surface area (Å²) in [4.78, 5) is 25.6. The Morgan fingerprint density at radius 1 is 1.43 bits per heavy atom. The van der Waals surface area contributed by atoms with Gasteiger partial charge >= 0.3 is 0 Å². The van der Waals surface area contributed by atoms with Gasteiger partial charge in [-0.3, -0.25) is 9.59 Å². The van der Waals surface area contributed by atoms with E-state index in [1.165, 1.54) is 0 Å². The number of ether oxygens (including phenoxy) is 1. The molecule has 1 heterocycles. The van der Waals surface area contributed by atoms with Crippen LogP contribution in [0.1, 0.15) is 12.0 Å². The largest absolute Gasteiger partial charge is 0.383 e. The van der Waals surface area contributed by atoms with E-state index in [-0.39, 0.29) is 24.2 Å². The van der Waals surface area contributed by atoms with E-state index in [0.717, 1.165) is 5.56 Å². The van der Waals surface area contributed by atoms with Crippen LogP contribution in [0.4, 0.5) is 0 Å². The fraction of sp³-hybridized carbons (Fsp3) is 0.467. The lowest BCUT2D eigenvalue weighted by molar-refractivity contribution is -0.129. The Morgan fingerprint density at radius 2 is 2.14 bits per heavy atom. The number of rotatable bonds is 6. The quantitative estimate of drug-likeness (QED) is 0.865. The molecule has 114 valence electrons. The van der Waals surface area contributed by atoms with E-state index in [4.69, 9.17) is 16.3 Å². The van der Waals surface area contributed by atoms with E-state index in [1.807, 2.05) is 12.1 Å². The molecule has 1 aromatic rings. The van der Waals surface area contributed by atoms with Crippen LogP contribution in [0, 0.1) is 5.92 Å². The highest BCUT2D eigenvalue weighted by Crippen LogP contribution is 2.18. The van der Waals surface area contributed by atoms with Gasteiger partial charge in [0, 0.05) is 38.2 Å². The molecule has 0 unspecified atom stereocenters. The fourth-order valence-corrected chi connectivity index (χ4v) is 2.43. The van der Waals surface area contributed by atoms with Crippen molar-refractivity contribution < 1.29 is 14.3 Å². The van der Waals surface area contributed by atoms with Crippen LogP contribution < -0.4 is 5.32 Å². The number of methoxy groups -OCH3 is 1. The van der Waals surface area contributed by atoms with Gasteiger partial charge in [-0.1, -0.05) is 23.7 Å². The van der Waals surface area contributed by atoms with Gasteiger partial charge in [0.05, 0.1) is 12.5 Å². The lowest BCUT2D eigenvalue weighted by Crippen LogP contribution is -2.33. The summed E-state index contributed by atoms with van der Waals surface area (Å²) < 4.78 is 4.96. The van der Waals surface area contributed by atoms with Crippen LogP contribution in [0.25, 0.3) is 0 Å². The SMILES string of the molecule is COCCN1C[C@@H](C(=O)NCc2ccc(Cl)cc2)CC1=O. The fourth-order valence-electron chi connectivity index (χ4n) is 2.30. The second kappa shape index (κ2) is 7.43. The van der Waals surface area contributed by atoms with Gasteiger partial charge in [-0.05, 0) is 17.7 Å². The molecule has 0 saturated carbocycles. The van der Waals surface area contributed by atoms with E-state index in [2.05, 4.69) is 5.32 Å². The third-order valence-corrected chi connectivity index (χ3v) is 3.78. The highest BCUT2D eigenvalue weighted by Gasteiger charge is 2.33. The zero-order valence-corrected chi connectivity index (χ0v) is 12.7. The van der Waals surface area contributed by atoms with Crippen LogP contribution in [-0.4, -0.2) is 43.5 Å². The van der Waals surface area contributed by atoms with Crippen molar-refractivity contribution >= 4 is 23.4 Å². The summed E-state index contributed by atoms with van der Waals surface area (Å²) in [5.74, 6) is -0.349. The number of halogens is 1. The zero-order chi connectivity index (χ0) is 15.2. The molecular weight excluding hydrogens is 292 g/mol. The van der Waals surface area contributed by atoms with Gasteiger partial charge < -0.3 is 15.0 Å². The lowest BCUT2D eigenvalue weighted by Gasteiger charge is -2.15. The van der Waals surface area contributed by atoms with Crippen LogP contribution in [0.15, 0.2) is 24.3 Å². The molecule has 0 bridgehead atoms. The van der Waals surface area contributed by atoms with Crippen molar-refractivity contribution in [2.45, 2.75) is 13.0 Å². The molecular formula is C15H19ClN2O3. The monoisotopic (exact) mass is 310 g/mol. The predicted octanol–water partition coefficient (Wildman–Crippen LogP) is 1.45. The minimum atomic E-state index is -0.276. The molecule has 6 heteroatoms. The average Bonchev–Trinajstić information content (AvgIpc) is 2.85. The van der Waals surface area contributed by atoms with Crippen molar-refractivity contribution in [3.05, 3.63) is 34.9 Å². The molecule has 5 nitrogen and oxygen atoms in total. The molecule has 0 radical (unpaired) electrons.